The fourth-order valence-electron chi connectivity index (χ4n) is 0.864. The molecule has 56 valence electrons. The summed E-state index contributed by atoms with van der Waals surface area (Å²) in [7, 11) is 0. The zero-order valence-electron chi connectivity index (χ0n) is 5.84. The minimum Gasteiger partial charge on any atom is -0.326 e. The molecule has 2 nitrogen and oxygen atoms in total. The van der Waals surface area contributed by atoms with Crippen LogP contribution in [0.25, 0.3) is 0 Å². The van der Waals surface area contributed by atoms with Crippen molar-refractivity contribution in [3.8, 4) is 6.07 Å². The molecule has 0 heterocycles. The summed E-state index contributed by atoms with van der Waals surface area (Å²) >= 11 is 3.27. The highest BCUT2D eigenvalue weighted by Crippen LogP contribution is 2.18. The van der Waals surface area contributed by atoms with E-state index in [9.17, 15) is 0 Å². The lowest BCUT2D eigenvalue weighted by atomic mass is 10.1. The van der Waals surface area contributed by atoms with Gasteiger partial charge in [-0.15, -0.1) is 0 Å². The molecule has 1 rings (SSSR count). The number of nitrogens with zero attached hydrogens (tertiary/aromatic N) is 1. The number of hydrogen-bond donors (Lipinski definition) is 1. The van der Waals surface area contributed by atoms with E-state index >= 15 is 0 Å². The number of nitrogens with two attached hydrogens (primary N) is 1. The van der Waals surface area contributed by atoms with Crippen LogP contribution in [0, 0.1) is 11.3 Å². The quantitative estimate of drug-likeness (QED) is 0.769. The Balaban J connectivity index is 3.27. The van der Waals surface area contributed by atoms with Crippen LogP contribution in [-0.2, 0) is 6.54 Å². The Kier molecular flexibility index (Phi) is 2.64. The van der Waals surface area contributed by atoms with E-state index in [0.29, 0.717) is 12.1 Å². The van der Waals surface area contributed by atoms with Gasteiger partial charge in [0, 0.05) is 11.0 Å². The van der Waals surface area contributed by atoms with E-state index in [1.807, 2.05) is 18.2 Å². The second kappa shape index (κ2) is 3.51. The SMILES string of the molecule is N#Cc1c(Br)cccc1CN. The normalized spacial score (nSPS) is 9.18. The molecule has 3 heteroatoms. The molecule has 0 unspecified atom stereocenters. The van der Waals surface area contributed by atoms with Gasteiger partial charge in [0.15, 0.2) is 0 Å². The van der Waals surface area contributed by atoms with Crippen molar-refractivity contribution in [3.63, 3.8) is 0 Å². The van der Waals surface area contributed by atoms with Crippen molar-refractivity contribution in [3.05, 3.63) is 33.8 Å². The first-order valence-corrected chi connectivity index (χ1v) is 3.96. The number of benzene rings is 1. The predicted octanol–water partition coefficient (Wildman–Crippen LogP) is 1.78. The van der Waals surface area contributed by atoms with Gasteiger partial charge in [-0.05, 0) is 27.6 Å². The Morgan fingerprint density at radius 2 is 2.27 bits per heavy atom. The van der Waals surface area contributed by atoms with E-state index in [0.717, 1.165) is 10.0 Å². The molecule has 2 N–H and O–H groups in total. The number of hydrogen-bond acceptors (Lipinski definition) is 2. The highest BCUT2D eigenvalue weighted by atomic mass is 79.9. The van der Waals surface area contributed by atoms with E-state index in [-0.39, 0.29) is 0 Å². The molecule has 0 bridgehead atoms. The van der Waals surface area contributed by atoms with Crippen LogP contribution >= 0.6 is 15.9 Å². The van der Waals surface area contributed by atoms with Crippen LogP contribution in [-0.4, -0.2) is 0 Å². The zero-order valence-corrected chi connectivity index (χ0v) is 7.43. The molecule has 0 fully saturated rings. The van der Waals surface area contributed by atoms with Crippen molar-refractivity contribution >= 4 is 15.9 Å². The fourth-order valence-corrected chi connectivity index (χ4v) is 1.36. The Bertz CT molecular complexity index is 301. The monoisotopic (exact) mass is 210 g/mol. The Morgan fingerprint density at radius 1 is 1.55 bits per heavy atom. The smallest absolute Gasteiger partial charge is 0.101 e. The Labute approximate surface area is 73.8 Å². The molecule has 0 aliphatic rings. The molecule has 0 atom stereocenters. The topological polar surface area (TPSA) is 49.8 Å². The lowest BCUT2D eigenvalue weighted by Crippen LogP contribution is -1.99. The highest BCUT2D eigenvalue weighted by Gasteiger charge is 2.02. The van der Waals surface area contributed by atoms with Gasteiger partial charge in [-0.2, -0.15) is 5.26 Å². The molecule has 0 aliphatic heterocycles. The van der Waals surface area contributed by atoms with Gasteiger partial charge >= 0.3 is 0 Å². The summed E-state index contributed by atoms with van der Waals surface area (Å²) in [5.74, 6) is 0. The third-order valence-corrected chi connectivity index (χ3v) is 2.09. The lowest BCUT2D eigenvalue weighted by molar-refractivity contribution is 1.06. The lowest BCUT2D eigenvalue weighted by Gasteiger charge is -2.00. The van der Waals surface area contributed by atoms with Crippen molar-refractivity contribution < 1.29 is 0 Å². The first kappa shape index (κ1) is 8.25. The molecule has 0 saturated heterocycles. The standard InChI is InChI=1S/C8H7BrN2/c9-8-3-1-2-6(4-10)7(8)5-11/h1-3H,4,10H2. The van der Waals surface area contributed by atoms with Crippen molar-refractivity contribution in [2.75, 3.05) is 0 Å². The largest absolute Gasteiger partial charge is 0.326 e. The van der Waals surface area contributed by atoms with Crippen LogP contribution < -0.4 is 5.73 Å². The molecule has 0 amide bonds. The van der Waals surface area contributed by atoms with Gasteiger partial charge in [-0.25, -0.2) is 0 Å². The van der Waals surface area contributed by atoms with Crippen LogP contribution in [0.3, 0.4) is 0 Å². The van der Waals surface area contributed by atoms with E-state index in [2.05, 4.69) is 22.0 Å². The fraction of sp³-hybridized carbons (Fsp3) is 0.125. The minimum atomic E-state index is 0.405. The van der Waals surface area contributed by atoms with Crippen LogP contribution in [0.5, 0.6) is 0 Å². The molecule has 0 aliphatic carbocycles. The highest BCUT2D eigenvalue weighted by molar-refractivity contribution is 9.10. The van der Waals surface area contributed by atoms with Gasteiger partial charge in [-0.3, -0.25) is 0 Å². The number of halogens is 1. The van der Waals surface area contributed by atoms with Gasteiger partial charge in [0.2, 0.25) is 0 Å². The van der Waals surface area contributed by atoms with Gasteiger partial charge in [0.1, 0.15) is 6.07 Å². The summed E-state index contributed by atoms with van der Waals surface area (Å²) in [5.41, 5.74) is 6.93. The molecule has 0 aromatic heterocycles. The average molecular weight is 211 g/mol. The van der Waals surface area contributed by atoms with Crippen molar-refractivity contribution in [2.24, 2.45) is 5.73 Å². The predicted molar refractivity (Wildman–Crippen MR) is 46.7 cm³/mol. The molecular weight excluding hydrogens is 204 g/mol. The van der Waals surface area contributed by atoms with E-state index in [4.69, 9.17) is 11.0 Å². The van der Waals surface area contributed by atoms with Crippen molar-refractivity contribution in [2.45, 2.75) is 6.54 Å². The molecule has 1 aromatic carbocycles. The van der Waals surface area contributed by atoms with Gasteiger partial charge in [-0.1, -0.05) is 12.1 Å². The zero-order chi connectivity index (χ0) is 8.27. The molecule has 1 aromatic rings. The molecule has 0 radical (unpaired) electrons. The van der Waals surface area contributed by atoms with E-state index in [1.54, 1.807) is 0 Å². The Morgan fingerprint density at radius 3 is 2.73 bits per heavy atom. The van der Waals surface area contributed by atoms with Crippen LogP contribution in [0.4, 0.5) is 0 Å². The van der Waals surface area contributed by atoms with Crippen LogP contribution in [0.2, 0.25) is 0 Å². The number of nitriles is 1. The minimum absolute atomic E-state index is 0.405. The molecule has 0 spiro atoms. The third-order valence-electron chi connectivity index (χ3n) is 1.43. The van der Waals surface area contributed by atoms with E-state index < -0.39 is 0 Å². The first-order chi connectivity index (χ1) is 5.29. The summed E-state index contributed by atoms with van der Waals surface area (Å²) < 4.78 is 0.808. The van der Waals surface area contributed by atoms with Crippen LogP contribution in [0.1, 0.15) is 11.1 Å². The summed E-state index contributed by atoms with van der Waals surface area (Å²) in [4.78, 5) is 0. The Hall–Kier alpha value is -0.850. The average Bonchev–Trinajstić information content (AvgIpc) is 2.04. The maximum Gasteiger partial charge on any atom is 0.101 e. The molecular formula is C8H7BrN2. The number of rotatable bonds is 1. The maximum absolute atomic E-state index is 8.69. The summed E-state index contributed by atoms with van der Waals surface area (Å²) in [6, 6.07) is 7.64. The second-order valence-electron chi connectivity index (χ2n) is 2.09. The third kappa shape index (κ3) is 1.59. The van der Waals surface area contributed by atoms with Crippen LogP contribution in [0.15, 0.2) is 22.7 Å². The van der Waals surface area contributed by atoms with Gasteiger partial charge in [0.25, 0.3) is 0 Å². The van der Waals surface area contributed by atoms with Crippen molar-refractivity contribution in [1.82, 2.24) is 0 Å². The summed E-state index contributed by atoms with van der Waals surface area (Å²) in [6.07, 6.45) is 0. The molecule has 0 saturated carbocycles. The summed E-state index contributed by atoms with van der Waals surface area (Å²) in [5, 5.41) is 8.69. The maximum atomic E-state index is 8.69. The molecule has 11 heavy (non-hydrogen) atoms. The van der Waals surface area contributed by atoms with Gasteiger partial charge in [0.05, 0.1) is 5.56 Å². The van der Waals surface area contributed by atoms with Gasteiger partial charge < -0.3 is 5.73 Å². The summed E-state index contributed by atoms with van der Waals surface area (Å²) in [6.45, 7) is 0.405. The first-order valence-electron chi connectivity index (χ1n) is 3.17. The van der Waals surface area contributed by atoms with Crippen molar-refractivity contribution in [1.29, 1.82) is 5.26 Å². The second-order valence-corrected chi connectivity index (χ2v) is 2.94. The van der Waals surface area contributed by atoms with E-state index in [1.165, 1.54) is 0 Å².